The number of amides is 1. The lowest BCUT2D eigenvalue weighted by Crippen LogP contribution is -2.45. The third-order valence-electron chi connectivity index (χ3n) is 5.23. The maximum atomic E-state index is 12.9. The summed E-state index contributed by atoms with van der Waals surface area (Å²) in [5, 5.41) is 2.65. The van der Waals surface area contributed by atoms with E-state index in [1.54, 1.807) is 26.0 Å². The van der Waals surface area contributed by atoms with Crippen LogP contribution in [0.3, 0.4) is 0 Å². The van der Waals surface area contributed by atoms with E-state index in [4.69, 9.17) is 14.2 Å². The molecule has 2 aromatic carbocycles. The SMILES string of the molecule is CC(C)c1ccc(NC(=O)COC(=O)[C@H](NS(=O)(=O)c2ccc3c(c2)OCCO3)C(C)C)cc1. The Labute approximate surface area is 199 Å². The molecule has 1 aliphatic heterocycles. The third kappa shape index (κ3) is 6.48. The van der Waals surface area contributed by atoms with E-state index in [1.807, 2.05) is 12.1 Å². The Bertz CT molecular complexity index is 1130. The average Bonchev–Trinajstić information content (AvgIpc) is 2.81. The molecule has 0 aliphatic carbocycles. The van der Waals surface area contributed by atoms with Gasteiger partial charge >= 0.3 is 5.97 Å². The number of carbonyl (C=O) groups is 2. The quantitative estimate of drug-likeness (QED) is 0.518. The van der Waals surface area contributed by atoms with Crippen molar-refractivity contribution in [1.82, 2.24) is 4.72 Å². The van der Waals surface area contributed by atoms with Gasteiger partial charge in [-0.1, -0.05) is 39.8 Å². The zero-order valence-corrected chi connectivity index (χ0v) is 20.5. The van der Waals surface area contributed by atoms with Gasteiger partial charge < -0.3 is 19.5 Å². The predicted octanol–water partition coefficient (Wildman–Crippen LogP) is 3.07. The molecular formula is C24H30N2O7S. The number of hydrogen-bond donors (Lipinski definition) is 2. The fraction of sp³-hybridized carbons (Fsp3) is 0.417. The van der Waals surface area contributed by atoms with Crippen LogP contribution in [0.4, 0.5) is 5.69 Å². The highest BCUT2D eigenvalue weighted by molar-refractivity contribution is 7.89. The zero-order valence-electron chi connectivity index (χ0n) is 19.7. The zero-order chi connectivity index (χ0) is 24.9. The standard InChI is InChI=1S/C24H30N2O7S/c1-15(2)17-5-7-18(8-6-17)25-22(27)14-33-24(28)23(16(3)4)26-34(29,30)19-9-10-20-21(13-19)32-12-11-31-20/h5-10,13,15-16,23,26H,11-12,14H2,1-4H3,(H,25,27)/t23-/m1/s1. The van der Waals surface area contributed by atoms with E-state index >= 15 is 0 Å². The van der Waals surface area contributed by atoms with Crippen LogP contribution in [0, 0.1) is 5.92 Å². The van der Waals surface area contributed by atoms with Crippen molar-refractivity contribution < 1.29 is 32.2 Å². The second-order valence-corrected chi connectivity index (χ2v) is 10.3. The van der Waals surface area contributed by atoms with Gasteiger partial charge in [-0.05, 0) is 41.7 Å². The fourth-order valence-corrected chi connectivity index (χ4v) is 4.61. The Kier molecular flexibility index (Phi) is 8.16. The van der Waals surface area contributed by atoms with E-state index in [-0.39, 0.29) is 4.90 Å². The molecule has 0 spiro atoms. The normalized spacial score (nSPS) is 14.1. The number of benzene rings is 2. The number of nitrogens with one attached hydrogen (secondary N) is 2. The average molecular weight is 491 g/mol. The van der Waals surface area contributed by atoms with Gasteiger partial charge in [0.25, 0.3) is 5.91 Å². The van der Waals surface area contributed by atoms with Crippen molar-refractivity contribution in [2.45, 2.75) is 44.6 Å². The van der Waals surface area contributed by atoms with E-state index in [0.29, 0.717) is 36.3 Å². The van der Waals surface area contributed by atoms with E-state index in [2.05, 4.69) is 23.9 Å². The summed E-state index contributed by atoms with van der Waals surface area (Å²) >= 11 is 0. The van der Waals surface area contributed by atoms with Crippen molar-refractivity contribution in [2.24, 2.45) is 5.92 Å². The van der Waals surface area contributed by atoms with Crippen molar-refractivity contribution in [1.29, 1.82) is 0 Å². The summed E-state index contributed by atoms with van der Waals surface area (Å²) in [6, 6.07) is 10.4. The Morgan fingerprint density at radius 3 is 2.24 bits per heavy atom. The van der Waals surface area contributed by atoms with Crippen molar-refractivity contribution in [3.63, 3.8) is 0 Å². The molecule has 3 rings (SSSR count). The number of ether oxygens (including phenoxy) is 3. The Morgan fingerprint density at radius 2 is 1.62 bits per heavy atom. The largest absolute Gasteiger partial charge is 0.486 e. The minimum atomic E-state index is -4.07. The summed E-state index contributed by atoms with van der Waals surface area (Å²) in [6.45, 7) is 7.65. The number of sulfonamides is 1. The smallest absolute Gasteiger partial charge is 0.324 e. The van der Waals surface area contributed by atoms with Crippen molar-refractivity contribution in [3.8, 4) is 11.5 Å². The van der Waals surface area contributed by atoms with Crippen LogP contribution < -0.4 is 19.5 Å². The molecule has 0 bridgehead atoms. The molecular weight excluding hydrogens is 460 g/mol. The van der Waals surface area contributed by atoms with Gasteiger partial charge in [-0.25, -0.2) is 8.42 Å². The van der Waals surface area contributed by atoms with Gasteiger partial charge in [-0.15, -0.1) is 0 Å². The number of hydrogen-bond acceptors (Lipinski definition) is 7. The Balaban J connectivity index is 1.60. The lowest BCUT2D eigenvalue weighted by atomic mass is 10.0. The maximum absolute atomic E-state index is 12.9. The van der Waals surface area contributed by atoms with Gasteiger partial charge in [0.1, 0.15) is 19.3 Å². The van der Waals surface area contributed by atoms with Gasteiger partial charge in [0.05, 0.1) is 4.90 Å². The van der Waals surface area contributed by atoms with E-state index in [1.165, 1.54) is 18.2 Å². The number of anilines is 1. The Hall–Kier alpha value is -3.11. The van der Waals surface area contributed by atoms with Crippen LogP contribution in [0.2, 0.25) is 0 Å². The Morgan fingerprint density at radius 1 is 0.971 bits per heavy atom. The molecule has 184 valence electrons. The number of rotatable bonds is 9. The van der Waals surface area contributed by atoms with Crippen LogP contribution in [0.1, 0.15) is 39.2 Å². The number of esters is 1. The summed E-state index contributed by atoms with van der Waals surface area (Å²) in [5.41, 5.74) is 1.71. The molecule has 9 nitrogen and oxygen atoms in total. The van der Waals surface area contributed by atoms with Gasteiger partial charge in [0.2, 0.25) is 10.0 Å². The van der Waals surface area contributed by atoms with Crippen LogP contribution in [0.25, 0.3) is 0 Å². The highest BCUT2D eigenvalue weighted by atomic mass is 32.2. The van der Waals surface area contributed by atoms with E-state index in [0.717, 1.165) is 5.56 Å². The maximum Gasteiger partial charge on any atom is 0.324 e. The van der Waals surface area contributed by atoms with Gasteiger partial charge in [0.15, 0.2) is 18.1 Å². The van der Waals surface area contributed by atoms with Crippen LogP contribution in [-0.2, 0) is 24.3 Å². The van der Waals surface area contributed by atoms with Gasteiger partial charge in [-0.2, -0.15) is 4.72 Å². The first-order valence-corrected chi connectivity index (χ1v) is 12.5. The summed E-state index contributed by atoms with van der Waals surface area (Å²) in [7, 11) is -4.07. The van der Waals surface area contributed by atoms with Crippen molar-refractivity contribution in [2.75, 3.05) is 25.1 Å². The molecule has 0 saturated carbocycles. The van der Waals surface area contributed by atoms with Crippen LogP contribution in [-0.4, -0.2) is 46.2 Å². The molecule has 0 fully saturated rings. The molecule has 1 amide bonds. The van der Waals surface area contributed by atoms with Gasteiger partial charge in [0, 0.05) is 11.8 Å². The fourth-order valence-electron chi connectivity index (χ4n) is 3.26. The van der Waals surface area contributed by atoms with Crippen LogP contribution >= 0.6 is 0 Å². The minimum Gasteiger partial charge on any atom is -0.486 e. The van der Waals surface area contributed by atoms with Crippen molar-refractivity contribution >= 4 is 27.6 Å². The lowest BCUT2D eigenvalue weighted by Gasteiger charge is -2.22. The monoisotopic (exact) mass is 490 g/mol. The molecule has 1 heterocycles. The summed E-state index contributed by atoms with van der Waals surface area (Å²) < 4.78 is 44.1. The summed E-state index contributed by atoms with van der Waals surface area (Å²) in [5.74, 6) is -0.661. The molecule has 0 saturated heterocycles. The second kappa shape index (κ2) is 10.9. The summed E-state index contributed by atoms with van der Waals surface area (Å²) in [4.78, 5) is 24.8. The highest BCUT2D eigenvalue weighted by Crippen LogP contribution is 2.32. The van der Waals surface area contributed by atoms with Crippen LogP contribution in [0.15, 0.2) is 47.4 Å². The first-order valence-electron chi connectivity index (χ1n) is 11.0. The predicted molar refractivity (Wildman–Crippen MR) is 126 cm³/mol. The number of carbonyl (C=O) groups excluding carboxylic acids is 2. The van der Waals surface area contributed by atoms with Crippen LogP contribution in [0.5, 0.6) is 11.5 Å². The van der Waals surface area contributed by atoms with E-state index < -0.39 is 40.5 Å². The number of fused-ring (bicyclic) bond motifs is 1. The first kappa shape index (κ1) is 25.5. The van der Waals surface area contributed by atoms with E-state index in [9.17, 15) is 18.0 Å². The minimum absolute atomic E-state index is 0.0715. The molecule has 0 aromatic heterocycles. The van der Waals surface area contributed by atoms with Gasteiger partial charge in [-0.3, -0.25) is 9.59 Å². The highest BCUT2D eigenvalue weighted by Gasteiger charge is 2.31. The second-order valence-electron chi connectivity index (χ2n) is 8.58. The first-order chi connectivity index (χ1) is 16.1. The molecule has 1 atom stereocenters. The summed E-state index contributed by atoms with van der Waals surface area (Å²) in [6.07, 6.45) is 0. The molecule has 10 heteroatoms. The molecule has 34 heavy (non-hydrogen) atoms. The third-order valence-corrected chi connectivity index (χ3v) is 6.67. The molecule has 0 radical (unpaired) electrons. The lowest BCUT2D eigenvalue weighted by molar-refractivity contribution is -0.150. The topological polar surface area (TPSA) is 120 Å². The molecule has 0 unspecified atom stereocenters. The molecule has 2 N–H and O–H groups in total. The molecule has 1 aliphatic rings. The van der Waals surface area contributed by atoms with Crippen molar-refractivity contribution in [3.05, 3.63) is 48.0 Å². The molecule has 2 aromatic rings.